The molecule has 25 heavy (non-hydrogen) atoms. The van der Waals surface area contributed by atoms with Crippen LogP contribution < -0.4 is 16.0 Å². The van der Waals surface area contributed by atoms with Gasteiger partial charge in [-0.3, -0.25) is 9.59 Å². The number of carbonyl (C=O) groups excluding carboxylic acids is 2. The van der Waals surface area contributed by atoms with Gasteiger partial charge in [0.1, 0.15) is 5.82 Å². The molecule has 0 fully saturated rings. The second kappa shape index (κ2) is 7.79. The van der Waals surface area contributed by atoms with E-state index in [9.17, 15) is 14.0 Å². The summed E-state index contributed by atoms with van der Waals surface area (Å²) >= 11 is 0. The van der Waals surface area contributed by atoms with Crippen molar-refractivity contribution in [3.63, 3.8) is 0 Å². The fraction of sp³-hybridized carbons (Fsp3) is 0.263. The van der Waals surface area contributed by atoms with Gasteiger partial charge in [-0.05, 0) is 51.1 Å². The first-order chi connectivity index (χ1) is 11.7. The van der Waals surface area contributed by atoms with E-state index in [-0.39, 0.29) is 29.6 Å². The molecule has 0 bridgehead atoms. The third-order valence-corrected chi connectivity index (χ3v) is 3.21. The Kier molecular flexibility index (Phi) is 5.75. The zero-order valence-electron chi connectivity index (χ0n) is 14.5. The molecular weight excluding hydrogens is 321 g/mol. The SMILES string of the molecule is CC(C)(C)NC(=O)c1cccc(NCC(=O)Nc2ccccc2F)c1. The van der Waals surface area contributed by atoms with E-state index in [1.54, 1.807) is 36.4 Å². The van der Waals surface area contributed by atoms with Crippen molar-refractivity contribution in [2.75, 3.05) is 17.2 Å². The quantitative estimate of drug-likeness (QED) is 0.779. The van der Waals surface area contributed by atoms with E-state index in [2.05, 4.69) is 16.0 Å². The van der Waals surface area contributed by atoms with Crippen molar-refractivity contribution in [3.8, 4) is 0 Å². The van der Waals surface area contributed by atoms with Gasteiger partial charge in [0.05, 0.1) is 12.2 Å². The van der Waals surface area contributed by atoms with Crippen molar-refractivity contribution in [1.29, 1.82) is 0 Å². The Morgan fingerprint density at radius 2 is 1.76 bits per heavy atom. The van der Waals surface area contributed by atoms with E-state index >= 15 is 0 Å². The number of para-hydroxylation sites is 1. The summed E-state index contributed by atoms with van der Waals surface area (Å²) in [4.78, 5) is 24.1. The molecule has 2 amide bonds. The summed E-state index contributed by atoms with van der Waals surface area (Å²) in [5.41, 5.74) is 0.924. The lowest BCUT2D eigenvalue weighted by Gasteiger charge is -2.20. The van der Waals surface area contributed by atoms with Gasteiger partial charge >= 0.3 is 0 Å². The van der Waals surface area contributed by atoms with E-state index in [1.807, 2.05) is 20.8 Å². The number of nitrogens with one attached hydrogen (secondary N) is 3. The molecule has 0 saturated carbocycles. The van der Waals surface area contributed by atoms with Crippen LogP contribution in [-0.4, -0.2) is 23.9 Å². The fourth-order valence-corrected chi connectivity index (χ4v) is 2.12. The molecule has 2 aromatic rings. The molecule has 3 N–H and O–H groups in total. The molecule has 6 heteroatoms. The largest absolute Gasteiger partial charge is 0.376 e. The average Bonchev–Trinajstić information content (AvgIpc) is 2.54. The van der Waals surface area contributed by atoms with Gasteiger partial charge < -0.3 is 16.0 Å². The Balaban J connectivity index is 1.95. The first-order valence-electron chi connectivity index (χ1n) is 7.95. The van der Waals surface area contributed by atoms with Crippen molar-refractivity contribution in [1.82, 2.24) is 5.32 Å². The molecule has 0 radical (unpaired) electrons. The lowest BCUT2D eigenvalue weighted by Crippen LogP contribution is -2.40. The fourth-order valence-electron chi connectivity index (χ4n) is 2.12. The number of anilines is 2. The van der Waals surface area contributed by atoms with Crippen molar-refractivity contribution in [2.24, 2.45) is 0 Å². The van der Waals surface area contributed by atoms with E-state index < -0.39 is 5.82 Å². The molecule has 132 valence electrons. The van der Waals surface area contributed by atoms with Crippen molar-refractivity contribution in [2.45, 2.75) is 26.3 Å². The number of halogens is 1. The molecule has 0 heterocycles. The molecule has 2 rings (SSSR count). The van der Waals surface area contributed by atoms with E-state index in [0.717, 1.165) is 0 Å². The Hall–Kier alpha value is -2.89. The summed E-state index contributed by atoms with van der Waals surface area (Å²) in [5, 5.41) is 8.30. The topological polar surface area (TPSA) is 70.2 Å². The lowest BCUT2D eigenvalue weighted by molar-refractivity contribution is -0.114. The molecule has 5 nitrogen and oxygen atoms in total. The third-order valence-electron chi connectivity index (χ3n) is 3.21. The van der Waals surface area contributed by atoms with Gasteiger partial charge in [0.25, 0.3) is 5.91 Å². The maximum Gasteiger partial charge on any atom is 0.251 e. The van der Waals surface area contributed by atoms with Gasteiger partial charge in [-0.15, -0.1) is 0 Å². The predicted octanol–water partition coefficient (Wildman–Crippen LogP) is 3.40. The predicted molar refractivity (Wildman–Crippen MR) is 97.2 cm³/mol. The van der Waals surface area contributed by atoms with Crippen LogP contribution in [0.4, 0.5) is 15.8 Å². The van der Waals surface area contributed by atoms with Crippen LogP contribution >= 0.6 is 0 Å². The van der Waals surface area contributed by atoms with Crippen LogP contribution in [0.5, 0.6) is 0 Å². The van der Waals surface area contributed by atoms with E-state index in [1.165, 1.54) is 12.1 Å². The van der Waals surface area contributed by atoms with Crippen molar-refractivity contribution >= 4 is 23.2 Å². The van der Waals surface area contributed by atoms with Gasteiger partial charge in [0, 0.05) is 16.8 Å². The maximum absolute atomic E-state index is 13.5. The monoisotopic (exact) mass is 343 g/mol. The molecular formula is C19H22FN3O2. The summed E-state index contributed by atoms with van der Waals surface area (Å²) in [6.45, 7) is 5.67. The summed E-state index contributed by atoms with van der Waals surface area (Å²) in [5.74, 6) is -1.06. The summed E-state index contributed by atoms with van der Waals surface area (Å²) in [6.07, 6.45) is 0. The third kappa shape index (κ3) is 5.91. The summed E-state index contributed by atoms with van der Waals surface area (Å²) < 4.78 is 13.5. The number of hydrogen-bond acceptors (Lipinski definition) is 3. The number of carbonyl (C=O) groups is 2. The molecule has 0 unspecified atom stereocenters. The van der Waals surface area contributed by atoms with Gasteiger partial charge in [0.2, 0.25) is 5.91 Å². The standard InChI is InChI=1S/C19H22FN3O2/c1-19(2,3)23-18(25)13-7-6-8-14(11-13)21-12-17(24)22-16-10-5-4-9-15(16)20/h4-11,21H,12H2,1-3H3,(H,22,24)(H,23,25). The normalized spacial score (nSPS) is 10.9. The van der Waals surface area contributed by atoms with Gasteiger partial charge in [-0.2, -0.15) is 0 Å². The van der Waals surface area contributed by atoms with Crippen LogP contribution in [0.15, 0.2) is 48.5 Å². The minimum Gasteiger partial charge on any atom is -0.376 e. The highest BCUT2D eigenvalue weighted by atomic mass is 19.1. The van der Waals surface area contributed by atoms with E-state index in [0.29, 0.717) is 11.3 Å². The molecule has 0 saturated heterocycles. The Morgan fingerprint density at radius 1 is 1.04 bits per heavy atom. The molecule has 0 aliphatic rings. The van der Waals surface area contributed by atoms with Crippen LogP contribution in [0.25, 0.3) is 0 Å². The van der Waals surface area contributed by atoms with Crippen molar-refractivity contribution < 1.29 is 14.0 Å². The number of benzene rings is 2. The minimum absolute atomic E-state index is 0.0430. The molecule has 0 atom stereocenters. The zero-order chi connectivity index (χ0) is 18.4. The van der Waals surface area contributed by atoms with Crippen molar-refractivity contribution in [3.05, 3.63) is 59.9 Å². The second-order valence-electron chi connectivity index (χ2n) is 6.67. The molecule has 0 aliphatic heterocycles. The first kappa shape index (κ1) is 18.4. The van der Waals surface area contributed by atoms with Gasteiger partial charge in [-0.25, -0.2) is 4.39 Å². The van der Waals surface area contributed by atoms with E-state index in [4.69, 9.17) is 0 Å². The highest BCUT2D eigenvalue weighted by Crippen LogP contribution is 2.14. The Bertz CT molecular complexity index is 769. The highest BCUT2D eigenvalue weighted by molar-refractivity contribution is 5.96. The van der Waals surface area contributed by atoms with Gasteiger partial charge in [-0.1, -0.05) is 18.2 Å². The van der Waals surface area contributed by atoms with Crippen LogP contribution in [0.2, 0.25) is 0 Å². The summed E-state index contributed by atoms with van der Waals surface area (Å²) in [7, 11) is 0. The number of hydrogen-bond donors (Lipinski definition) is 3. The van der Waals surface area contributed by atoms with Gasteiger partial charge in [0.15, 0.2) is 0 Å². The molecule has 0 spiro atoms. The molecule has 2 aromatic carbocycles. The maximum atomic E-state index is 13.5. The number of amides is 2. The number of rotatable bonds is 5. The smallest absolute Gasteiger partial charge is 0.251 e. The first-order valence-corrected chi connectivity index (χ1v) is 7.95. The van der Waals surface area contributed by atoms with Crippen LogP contribution in [0.3, 0.4) is 0 Å². The van der Waals surface area contributed by atoms with Crippen LogP contribution in [0, 0.1) is 5.82 Å². The van der Waals surface area contributed by atoms with Crippen LogP contribution in [0.1, 0.15) is 31.1 Å². The zero-order valence-corrected chi connectivity index (χ0v) is 14.5. The summed E-state index contributed by atoms with van der Waals surface area (Å²) in [6, 6.07) is 12.8. The second-order valence-corrected chi connectivity index (χ2v) is 6.67. The molecule has 0 aromatic heterocycles. The molecule has 0 aliphatic carbocycles. The lowest BCUT2D eigenvalue weighted by atomic mass is 10.1. The average molecular weight is 343 g/mol. The highest BCUT2D eigenvalue weighted by Gasteiger charge is 2.15. The minimum atomic E-state index is -0.489. The van der Waals surface area contributed by atoms with Crippen LogP contribution in [-0.2, 0) is 4.79 Å². The Morgan fingerprint density at radius 3 is 2.44 bits per heavy atom. The Labute approximate surface area is 146 Å².